The highest BCUT2D eigenvalue weighted by molar-refractivity contribution is 5.81. The van der Waals surface area contributed by atoms with Crippen LogP contribution in [0, 0.1) is 13.8 Å². The first-order valence-corrected chi connectivity index (χ1v) is 8.08. The molecular weight excluding hydrogens is 264 g/mol. The summed E-state index contributed by atoms with van der Waals surface area (Å²) in [6, 6.07) is 0.0601. The van der Waals surface area contributed by atoms with Crippen molar-refractivity contribution in [3.8, 4) is 0 Å². The highest BCUT2D eigenvalue weighted by Crippen LogP contribution is 2.15. The van der Waals surface area contributed by atoms with Gasteiger partial charge in [-0.2, -0.15) is 5.10 Å². The Bertz CT molecular complexity index is 449. The molecule has 2 rings (SSSR count). The number of aromatic nitrogens is 2. The van der Waals surface area contributed by atoms with Crippen molar-refractivity contribution in [3.63, 3.8) is 0 Å². The second-order valence-corrected chi connectivity index (χ2v) is 6.15. The lowest BCUT2D eigenvalue weighted by atomic mass is 10.1. The first kappa shape index (κ1) is 16.0. The van der Waals surface area contributed by atoms with E-state index in [9.17, 15) is 4.79 Å². The number of aromatic amines is 1. The van der Waals surface area contributed by atoms with Crippen LogP contribution in [0.2, 0.25) is 0 Å². The Morgan fingerprint density at radius 3 is 2.90 bits per heavy atom. The molecule has 5 heteroatoms. The molecule has 0 aliphatic carbocycles. The standard InChI is InChI=1S/C16H28N4O/c1-12-14(13(2)19-18-12)8-7-10-17-16(21)15-9-5-4-6-11-20(15)3/h15H,4-11H2,1-3H3,(H,17,21)(H,18,19)/t15-/m0/s1. The molecule has 1 amide bonds. The smallest absolute Gasteiger partial charge is 0.237 e. The van der Waals surface area contributed by atoms with Crippen molar-refractivity contribution in [2.24, 2.45) is 0 Å². The lowest BCUT2D eigenvalue weighted by Gasteiger charge is -2.24. The number of rotatable bonds is 5. The molecule has 118 valence electrons. The Morgan fingerprint density at radius 1 is 1.38 bits per heavy atom. The van der Waals surface area contributed by atoms with Crippen molar-refractivity contribution in [1.29, 1.82) is 0 Å². The first-order chi connectivity index (χ1) is 10.1. The van der Waals surface area contributed by atoms with E-state index in [2.05, 4.69) is 34.4 Å². The number of nitrogens with zero attached hydrogens (tertiary/aromatic N) is 2. The second kappa shape index (κ2) is 7.59. The van der Waals surface area contributed by atoms with Crippen LogP contribution >= 0.6 is 0 Å². The molecule has 1 saturated heterocycles. The molecule has 21 heavy (non-hydrogen) atoms. The summed E-state index contributed by atoms with van der Waals surface area (Å²) < 4.78 is 0. The van der Waals surface area contributed by atoms with E-state index in [-0.39, 0.29) is 11.9 Å². The molecule has 1 aromatic heterocycles. The lowest BCUT2D eigenvalue weighted by molar-refractivity contribution is -0.126. The number of nitrogens with one attached hydrogen (secondary N) is 2. The summed E-state index contributed by atoms with van der Waals surface area (Å²) >= 11 is 0. The Kier molecular flexibility index (Phi) is 5.79. The van der Waals surface area contributed by atoms with Gasteiger partial charge in [-0.05, 0) is 58.7 Å². The van der Waals surface area contributed by atoms with Gasteiger partial charge in [0, 0.05) is 12.2 Å². The van der Waals surface area contributed by atoms with Gasteiger partial charge >= 0.3 is 0 Å². The van der Waals surface area contributed by atoms with Gasteiger partial charge in [-0.1, -0.05) is 12.8 Å². The zero-order valence-electron chi connectivity index (χ0n) is 13.5. The Morgan fingerprint density at radius 2 is 2.19 bits per heavy atom. The number of H-pyrrole nitrogens is 1. The van der Waals surface area contributed by atoms with Gasteiger partial charge in [0.1, 0.15) is 0 Å². The molecule has 0 unspecified atom stereocenters. The summed E-state index contributed by atoms with van der Waals surface area (Å²) in [5.41, 5.74) is 3.50. The molecule has 1 atom stereocenters. The van der Waals surface area contributed by atoms with E-state index >= 15 is 0 Å². The highest BCUT2D eigenvalue weighted by Gasteiger charge is 2.24. The van der Waals surface area contributed by atoms with Crippen molar-refractivity contribution in [2.45, 2.75) is 58.4 Å². The van der Waals surface area contributed by atoms with E-state index < -0.39 is 0 Å². The normalized spacial score (nSPS) is 20.2. The largest absolute Gasteiger partial charge is 0.355 e. The molecule has 0 radical (unpaired) electrons. The van der Waals surface area contributed by atoms with Crippen LogP contribution in [0.25, 0.3) is 0 Å². The van der Waals surface area contributed by atoms with E-state index in [1.807, 2.05) is 6.92 Å². The fourth-order valence-corrected chi connectivity index (χ4v) is 3.12. The summed E-state index contributed by atoms with van der Waals surface area (Å²) in [5.74, 6) is 0.194. The number of carbonyl (C=O) groups is 1. The summed E-state index contributed by atoms with van der Waals surface area (Å²) in [7, 11) is 2.06. The molecule has 0 spiro atoms. The van der Waals surface area contributed by atoms with Crippen molar-refractivity contribution in [2.75, 3.05) is 20.1 Å². The van der Waals surface area contributed by atoms with Gasteiger partial charge in [-0.15, -0.1) is 0 Å². The van der Waals surface area contributed by atoms with Crippen LogP contribution in [0.1, 0.15) is 49.1 Å². The SMILES string of the molecule is Cc1n[nH]c(C)c1CCCNC(=O)[C@@H]1CCCCCN1C. The van der Waals surface area contributed by atoms with Crippen LogP contribution < -0.4 is 5.32 Å². The maximum atomic E-state index is 12.3. The Hall–Kier alpha value is -1.36. The Balaban J connectivity index is 1.74. The summed E-state index contributed by atoms with van der Waals surface area (Å²) in [5, 5.41) is 10.3. The number of likely N-dealkylation sites (tertiary alicyclic amines) is 1. The Labute approximate surface area is 127 Å². The van der Waals surface area contributed by atoms with Crippen molar-refractivity contribution in [1.82, 2.24) is 20.4 Å². The van der Waals surface area contributed by atoms with Crippen LogP contribution in [-0.2, 0) is 11.2 Å². The summed E-state index contributed by atoms with van der Waals surface area (Å²) in [6.45, 7) is 5.85. The third-order valence-electron chi connectivity index (χ3n) is 4.51. The highest BCUT2D eigenvalue weighted by atomic mass is 16.2. The topological polar surface area (TPSA) is 61.0 Å². The van der Waals surface area contributed by atoms with Gasteiger partial charge in [0.2, 0.25) is 5.91 Å². The van der Waals surface area contributed by atoms with E-state index in [1.165, 1.54) is 18.4 Å². The fraction of sp³-hybridized carbons (Fsp3) is 0.750. The van der Waals surface area contributed by atoms with Crippen LogP contribution in [0.4, 0.5) is 0 Å². The zero-order chi connectivity index (χ0) is 15.2. The van der Waals surface area contributed by atoms with E-state index in [1.54, 1.807) is 0 Å². The summed E-state index contributed by atoms with van der Waals surface area (Å²) in [6.07, 6.45) is 6.53. The molecule has 0 bridgehead atoms. The molecule has 1 fully saturated rings. The molecule has 2 heterocycles. The van der Waals surface area contributed by atoms with Crippen LogP contribution in [-0.4, -0.2) is 47.2 Å². The van der Waals surface area contributed by atoms with Crippen molar-refractivity contribution >= 4 is 5.91 Å². The number of amides is 1. The third kappa shape index (κ3) is 4.30. The molecule has 1 aromatic rings. The molecule has 1 aliphatic heterocycles. The molecule has 2 N–H and O–H groups in total. The minimum atomic E-state index is 0.0601. The number of carbonyl (C=O) groups excluding carboxylic acids is 1. The fourth-order valence-electron chi connectivity index (χ4n) is 3.12. The second-order valence-electron chi connectivity index (χ2n) is 6.15. The predicted octanol–water partition coefficient (Wildman–Crippen LogP) is 1.95. The van der Waals surface area contributed by atoms with E-state index in [0.717, 1.165) is 50.2 Å². The van der Waals surface area contributed by atoms with E-state index in [0.29, 0.717) is 0 Å². The van der Waals surface area contributed by atoms with Crippen molar-refractivity contribution < 1.29 is 4.79 Å². The monoisotopic (exact) mass is 292 g/mol. The third-order valence-corrected chi connectivity index (χ3v) is 4.51. The summed E-state index contributed by atoms with van der Waals surface area (Å²) in [4.78, 5) is 14.5. The number of hydrogen-bond acceptors (Lipinski definition) is 3. The average molecular weight is 292 g/mol. The lowest BCUT2D eigenvalue weighted by Crippen LogP contribution is -2.45. The molecule has 0 aromatic carbocycles. The zero-order valence-corrected chi connectivity index (χ0v) is 13.5. The van der Waals surface area contributed by atoms with Gasteiger partial charge in [-0.25, -0.2) is 0 Å². The van der Waals surface area contributed by atoms with Crippen LogP contribution in [0.3, 0.4) is 0 Å². The van der Waals surface area contributed by atoms with Crippen LogP contribution in [0.15, 0.2) is 0 Å². The van der Waals surface area contributed by atoms with Gasteiger partial charge in [-0.3, -0.25) is 14.8 Å². The quantitative estimate of drug-likeness (QED) is 0.816. The van der Waals surface area contributed by atoms with Crippen molar-refractivity contribution in [3.05, 3.63) is 17.0 Å². The number of hydrogen-bond donors (Lipinski definition) is 2. The average Bonchev–Trinajstić information content (AvgIpc) is 2.65. The van der Waals surface area contributed by atoms with Gasteiger partial charge in [0.05, 0.1) is 11.7 Å². The predicted molar refractivity (Wildman–Crippen MR) is 84.3 cm³/mol. The van der Waals surface area contributed by atoms with Crippen LogP contribution in [0.5, 0.6) is 0 Å². The molecular formula is C16H28N4O. The minimum Gasteiger partial charge on any atom is -0.355 e. The maximum Gasteiger partial charge on any atom is 0.237 e. The van der Waals surface area contributed by atoms with Gasteiger partial charge in [0.25, 0.3) is 0 Å². The molecule has 5 nitrogen and oxygen atoms in total. The molecule has 0 saturated carbocycles. The maximum absolute atomic E-state index is 12.3. The van der Waals surface area contributed by atoms with Gasteiger partial charge in [0.15, 0.2) is 0 Å². The molecule has 1 aliphatic rings. The minimum absolute atomic E-state index is 0.0601. The number of aryl methyl sites for hydroxylation is 2. The van der Waals surface area contributed by atoms with Gasteiger partial charge < -0.3 is 5.32 Å². The number of likely N-dealkylation sites (N-methyl/N-ethyl adjacent to an activating group) is 1. The first-order valence-electron chi connectivity index (χ1n) is 8.08. The van der Waals surface area contributed by atoms with E-state index in [4.69, 9.17) is 0 Å².